The summed E-state index contributed by atoms with van der Waals surface area (Å²) < 4.78 is 32.9. The number of aromatic nitrogens is 1. The fraction of sp³-hybridized carbons (Fsp3) is 0.200. The highest BCUT2D eigenvalue weighted by Gasteiger charge is 2.49. The Morgan fingerprint density at radius 3 is 2.32 bits per heavy atom. The fourth-order valence-corrected chi connectivity index (χ4v) is 7.66. The highest BCUT2D eigenvalue weighted by atomic mass is 32.2. The average Bonchev–Trinajstić information content (AvgIpc) is 3.66. The second-order valence-corrected chi connectivity index (χ2v) is 13.5. The number of Topliss-reactive ketones (excluding diaryl/α,β-unsaturated/α-hetero) is 1. The Hall–Kier alpha value is -5.49. The molecule has 4 aromatic rings. The van der Waals surface area contributed by atoms with E-state index < -0.39 is 50.2 Å². The van der Waals surface area contributed by atoms with Crippen molar-refractivity contribution in [3.63, 3.8) is 0 Å². The summed E-state index contributed by atoms with van der Waals surface area (Å²) in [5.41, 5.74) is 2.59. The van der Waals surface area contributed by atoms with Crippen molar-refractivity contribution < 1.29 is 27.5 Å². The molecule has 0 bridgehead atoms. The lowest BCUT2D eigenvalue weighted by atomic mass is 10.0. The number of rotatable bonds is 10. The molecular weight excluding hydrogens is 620 g/mol. The van der Waals surface area contributed by atoms with Crippen molar-refractivity contribution in [3.8, 4) is 16.9 Å². The van der Waals surface area contributed by atoms with E-state index in [-0.39, 0.29) is 30.6 Å². The molecule has 0 saturated carbocycles. The summed E-state index contributed by atoms with van der Waals surface area (Å²) in [5.74, 6) is -1.79. The summed E-state index contributed by atoms with van der Waals surface area (Å²) in [4.78, 5) is 56.9. The third kappa shape index (κ3) is 6.59. The van der Waals surface area contributed by atoms with Crippen LogP contribution in [0.3, 0.4) is 0 Å². The van der Waals surface area contributed by atoms with Crippen molar-refractivity contribution in [1.82, 2.24) is 20.5 Å². The van der Waals surface area contributed by atoms with Gasteiger partial charge < -0.3 is 20.4 Å². The molecule has 3 aromatic carbocycles. The molecule has 3 heterocycles. The van der Waals surface area contributed by atoms with Crippen LogP contribution in [-0.4, -0.2) is 61.0 Å². The molecule has 0 aliphatic carbocycles. The van der Waals surface area contributed by atoms with Crippen LogP contribution < -0.4 is 20.9 Å². The second-order valence-electron chi connectivity index (χ2n) is 11.3. The molecular formula is C35H32N4O7S. The number of nitrogens with zero attached hydrogens (tertiary/aromatic N) is 1. The van der Waals surface area contributed by atoms with Gasteiger partial charge in [0.1, 0.15) is 22.9 Å². The van der Waals surface area contributed by atoms with E-state index in [0.717, 1.165) is 16.0 Å². The average molecular weight is 653 g/mol. The molecule has 2 unspecified atom stereocenters. The van der Waals surface area contributed by atoms with Gasteiger partial charge in [0.25, 0.3) is 17.4 Å². The number of H-pyrrole nitrogens is 1. The highest BCUT2D eigenvalue weighted by molar-refractivity contribution is 7.91. The normalized spacial score (nSPS) is 16.4. The third-order valence-corrected chi connectivity index (χ3v) is 10.2. The zero-order valence-electron chi connectivity index (χ0n) is 25.4. The number of carbonyl (C=O) groups excluding carboxylic acids is 3. The second kappa shape index (κ2) is 13.1. The third-order valence-electron chi connectivity index (χ3n) is 8.28. The summed E-state index contributed by atoms with van der Waals surface area (Å²) in [6.45, 7) is -0.0805. The summed E-state index contributed by atoms with van der Waals surface area (Å²) in [6, 6.07) is 25.1. The largest absolute Gasteiger partial charge is 0.497 e. The number of ether oxygens (including phenoxy) is 1. The number of carbonyl (C=O) groups is 3. The molecule has 11 nitrogen and oxygen atoms in total. The first-order valence-corrected chi connectivity index (χ1v) is 16.7. The zero-order chi connectivity index (χ0) is 33.1. The van der Waals surface area contributed by atoms with Gasteiger partial charge >= 0.3 is 0 Å². The summed E-state index contributed by atoms with van der Waals surface area (Å²) in [5, 5.41) is 4.26. The molecule has 0 spiro atoms. The molecule has 0 saturated heterocycles. The number of hydrogen-bond acceptors (Lipinski definition) is 8. The number of nitrogens with one attached hydrogen (secondary N) is 3. The Morgan fingerprint density at radius 2 is 1.64 bits per heavy atom. The van der Waals surface area contributed by atoms with E-state index in [1.54, 1.807) is 48.5 Å². The van der Waals surface area contributed by atoms with Crippen LogP contribution >= 0.6 is 0 Å². The lowest BCUT2D eigenvalue weighted by molar-refractivity contribution is -0.133. The molecule has 47 heavy (non-hydrogen) atoms. The number of ketones is 1. The van der Waals surface area contributed by atoms with Crippen molar-refractivity contribution in [1.29, 1.82) is 0 Å². The van der Waals surface area contributed by atoms with Crippen molar-refractivity contribution in [2.75, 3.05) is 13.7 Å². The van der Waals surface area contributed by atoms with Crippen LogP contribution in [0.4, 0.5) is 0 Å². The van der Waals surface area contributed by atoms with Gasteiger partial charge in [-0.15, -0.1) is 0 Å². The van der Waals surface area contributed by atoms with Gasteiger partial charge in [0.2, 0.25) is 0 Å². The van der Waals surface area contributed by atoms with E-state index in [1.807, 2.05) is 30.3 Å². The smallest absolute Gasteiger partial charge is 0.252 e. The number of aromatic amines is 1. The van der Waals surface area contributed by atoms with E-state index >= 15 is 0 Å². The van der Waals surface area contributed by atoms with Crippen LogP contribution in [0.2, 0.25) is 0 Å². The van der Waals surface area contributed by atoms with Crippen molar-refractivity contribution in [2.24, 2.45) is 0 Å². The molecule has 0 fully saturated rings. The fourth-order valence-electron chi connectivity index (χ4n) is 5.86. The minimum absolute atomic E-state index is 0.00250. The lowest BCUT2D eigenvalue weighted by Crippen LogP contribution is -2.53. The monoisotopic (exact) mass is 652 g/mol. The van der Waals surface area contributed by atoms with Gasteiger partial charge in [-0.2, -0.15) is 0 Å². The number of sulfone groups is 1. The summed E-state index contributed by atoms with van der Waals surface area (Å²) >= 11 is 0. The molecule has 2 atom stereocenters. The zero-order valence-corrected chi connectivity index (χ0v) is 26.3. The van der Waals surface area contributed by atoms with Gasteiger partial charge in [-0.3, -0.25) is 24.1 Å². The van der Waals surface area contributed by atoms with Crippen molar-refractivity contribution >= 4 is 27.4 Å². The molecule has 240 valence electrons. The van der Waals surface area contributed by atoms with Gasteiger partial charge in [0.05, 0.1) is 19.4 Å². The molecule has 2 amide bonds. The van der Waals surface area contributed by atoms with E-state index in [9.17, 15) is 27.6 Å². The van der Waals surface area contributed by atoms with E-state index in [1.165, 1.54) is 25.4 Å². The van der Waals surface area contributed by atoms with Crippen LogP contribution in [0, 0.1) is 0 Å². The van der Waals surface area contributed by atoms with Crippen molar-refractivity contribution in [2.45, 2.75) is 30.0 Å². The van der Waals surface area contributed by atoms with Gasteiger partial charge in [-0.1, -0.05) is 60.7 Å². The molecule has 2 aliphatic rings. The van der Waals surface area contributed by atoms with E-state index in [4.69, 9.17) is 4.74 Å². The predicted octanol–water partition coefficient (Wildman–Crippen LogP) is 2.95. The van der Waals surface area contributed by atoms with Crippen LogP contribution in [0.1, 0.15) is 27.9 Å². The molecule has 1 aromatic heterocycles. The number of pyridine rings is 1. The number of benzene rings is 3. The topological polar surface area (TPSA) is 155 Å². The van der Waals surface area contributed by atoms with Crippen LogP contribution in [0.5, 0.6) is 5.75 Å². The maximum absolute atomic E-state index is 14.5. The minimum Gasteiger partial charge on any atom is -0.497 e. The maximum Gasteiger partial charge on any atom is 0.252 e. The highest BCUT2D eigenvalue weighted by Crippen LogP contribution is 2.36. The van der Waals surface area contributed by atoms with Gasteiger partial charge in [0, 0.05) is 35.9 Å². The van der Waals surface area contributed by atoms with Gasteiger partial charge in [-0.05, 0) is 47.0 Å². The number of methoxy groups -OCH3 is 1. The minimum atomic E-state index is -4.20. The van der Waals surface area contributed by atoms with E-state index in [2.05, 4.69) is 15.6 Å². The van der Waals surface area contributed by atoms with Crippen LogP contribution in [-0.2, 0) is 31.6 Å². The quantitative estimate of drug-likeness (QED) is 0.236. The van der Waals surface area contributed by atoms with Gasteiger partial charge in [-0.25, -0.2) is 8.42 Å². The molecule has 0 radical (unpaired) electrons. The maximum atomic E-state index is 14.5. The van der Waals surface area contributed by atoms with Gasteiger partial charge in [0.15, 0.2) is 15.6 Å². The van der Waals surface area contributed by atoms with E-state index in [0.29, 0.717) is 22.6 Å². The number of amides is 2. The molecule has 2 aliphatic heterocycles. The van der Waals surface area contributed by atoms with Crippen LogP contribution in [0.25, 0.3) is 11.1 Å². The van der Waals surface area contributed by atoms with Crippen LogP contribution in [0.15, 0.2) is 113 Å². The Kier molecular flexibility index (Phi) is 8.77. The molecule has 12 heteroatoms. The summed E-state index contributed by atoms with van der Waals surface area (Å²) in [7, 11) is -2.67. The Labute approximate surface area is 271 Å². The Bertz CT molecular complexity index is 2020. The Balaban J connectivity index is 1.33. The first-order chi connectivity index (χ1) is 22.6. The first-order valence-electron chi connectivity index (χ1n) is 15.0. The standard InChI is InChI=1S/C35H32N4O7S/c1-46-27-15-9-22(10-16-27)18-29(38-34(42)25-13-11-24(12-14-25)23-6-3-2-4-7-23)35(43)39-31(19-28-32(39)30(40)20-37-28)47(44,45)21-26-8-5-17-36-33(26)41/h2-17,29,31,37H,18-21H2,1H3,(H,36,41)(H,38,42). The SMILES string of the molecule is COc1ccc(CC(NC(=O)c2ccc(-c3ccccc3)cc2)C(=O)N2C3=C(CC2S(=O)(=O)Cc2ccc[nH]c2=O)NCC3=O)cc1. The molecule has 6 rings (SSSR count). The summed E-state index contributed by atoms with van der Waals surface area (Å²) in [6.07, 6.45) is 1.25. The van der Waals surface area contributed by atoms with Crippen molar-refractivity contribution in [3.05, 3.63) is 136 Å². The molecule has 3 N–H and O–H groups in total. The first kappa shape index (κ1) is 31.5. The predicted molar refractivity (Wildman–Crippen MR) is 175 cm³/mol. The lowest BCUT2D eigenvalue weighted by Gasteiger charge is -2.30. The number of hydrogen-bond donors (Lipinski definition) is 3. The Morgan fingerprint density at radius 1 is 0.936 bits per heavy atom.